The minimum atomic E-state index is 0.597. The maximum atomic E-state index is 6.51. The number of nitrogens with one attached hydrogen (secondary N) is 2. The first-order valence-corrected chi connectivity index (χ1v) is 10.6. The molecule has 0 aliphatic heterocycles. The molecule has 8 nitrogen and oxygen atoms in total. The van der Waals surface area contributed by atoms with Gasteiger partial charge in [0, 0.05) is 35.6 Å². The van der Waals surface area contributed by atoms with Crippen LogP contribution in [0.15, 0.2) is 42.9 Å². The average molecular weight is 439 g/mol. The third-order valence-electron chi connectivity index (χ3n) is 4.91. The number of halogens is 1. The molecule has 5 aromatic rings. The van der Waals surface area contributed by atoms with Crippen molar-refractivity contribution in [3.8, 4) is 11.4 Å². The van der Waals surface area contributed by atoms with Gasteiger partial charge in [-0.15, -0.1) is 0 Å². The SMILES string of the molecule is CN(C)CCn1cnc2c(-c3nsc(Nc4ccc5[nH]ncc5c4Cl)n3)cccc21. The van der Waals surface area contributed by atoms with Gasteiger partial charge >= 0.3 is 0 Å². The predicted octanol–water partition coefficient (Wildman–Crippen LogP) is 4.39. The van der Waals surface area contributed by atoms with E-state index in [9.17, 15) is 0 Å². The second-order valence-electron chi connectivity index (χ2n) is 7.22. The first-order valence-electron chi connectivity index (χ1n) is 9.41. The zero-order valence-corrected chi connectivity index (χ0v) is 18.0. The zero-order valence-electron chi connectivity index (χ0n) is 16.4. The van der Waals surface area contributed by atoms with Crippen LogP contribution in [0.25, 0.3) is 33.3 Å². The molecule has 0 amide bonds. The summed E-state index contributed by atoms with van der Waals surface area (Å²) >= 11 is 7.80. The number of rotatable bonds is 6. The predicted molar refractivity (Wildman–Crippen MR) is 122 cm³/mol. The van der Waals surface area contributed by atoms with E-state index in [1.165, 1.54) is 11.5 Å². The molecule has 0 bridgehead atoms. The number of H-pyrrole nitrogens is 1. The highest BCUT2D eigenvalue weighted by molar-refractivity contribution is 7.10. The van der Waals surface area contributed by atoms with Crippen LogP contribution < -0.4 is 5.32 Å². The van der Waals surface area contributed by atoms with Gasteiger partial charge in [-0.3, -0.25) is 5.10 Å². The van der Waals surface area contributed by atoms with Gasteiger partial charge in [0.15, 0.2) is 5.82 Å². The van der Waals surface area contributed by atoms with Crippen LogP contribution >= 0.6 is 23.1 Å². The van der Waals surface area contributed by atoms with Crippen molar-refractivity contribution in [3.05, 3.63) is 47.9 Å². The van der Waals surface area contributed by atoms with E-state index in [4.69, 9.17) is 11.6 Å². The molecule has 30 heavy (non-hydrogen) atoms. The number of para-hydroxylation sites is 1. The van der Waals surface area contributed by atoms with Crippen LogP contribution in [-0.4, -0.2) is 54.6 Å². The van der Waals surface area contributed by atoms with Crippen molar-refractivity contribution < 1.29 is 0 Å². The Hall–Kier alpha value is -3.01. The first-order chi connectivity index (χ1) is 14.6. The maximum absolute atomic E-state index is 6.51. The quantitative estimate of drug-likeness (QED) is 0.409. The number of benzene rings is 2. The van der Waals surface area contributed by atoms with Gasteiger partial charge in [0.05, 0.1) is 39.8 Å². The third-order valence-corrected chi connectivity index (χ3v) is 5.94. The summed E-state index contributed by atoms with van der Waals surface area (Å²) < 4.78 is 6.70. The van der Waals surface area contributed by atoms with Crippen molar-refractivity contribution in [1.29, 1.82) is 0 Å². The maximum Gasteiger partial charge on any atom is 0.207 e. The fourth-order valence-corrected chi connectivity index (χ4v) is 4.19. The lowest BCUT2D eigenvalue weighted by atomic mass is 10.1. The molecule has 0 spiro atoms. The van der Waals surface area contributed by atoms with Crippen LogP contribution in [0.3, 0.4) is 0 Å². The third kappa shape index (κ3) is 3.41. The summed E-state index contributed by atoms with van der Waals surface area (Å²) in [5.74, 6) is 0.645. The smallest absolute Gasteiger partial charge is 0.207 e. The number of hydrogen-bond acceptors (Lipinski definition) is 7. The van der Waals surface area contributed by atoms with Crippen LogP contribution in [0.1, 0.15) is 0 Å². The summed E-state index contributed by atoms with van der Waals surface area (Å²) in [7, 11) is 4.13. The molecule has 0 saturated carbocycles. The monoisotopic (exact) mass is 438 g/mol. The van der Waals surface area contributed by atoms with Crippen LogP contribution in [-0.2, 0) is 6.54 Å². The fourth-order valence-electron chi connectivity index (χ4n) is 3.33. The Kier molecular flexibility index (Phi) is 4.86. The van der Waals surface area contributed by atoms with E-state index >= 15 is 0 Å². The second kappa shape index (κ2) is 7.67. The number of fused-ring (bicyclic) bond motifs is 2. The van der Waals surface area contributed by atoms with Crippen molar-refractivity contribution in [1.82, 2.24) is 34.0 Å². The highest BCUT2D eigenvalue weighted by atomic mass is 35.5. The molecular formula is C20H19ClN8S. The fraction of sp³-hybridized carbons (Fsp3) is 0.200. The molecule has 0 unspecified atom stereocenters. The van der Waals surface area contributed by atoms with E-state index in [-0.39, 0.29) is 0 Å². The summed E-state index contributed by atoms with van der Waals surface area (Å²) in [6.45, 7) is 1.82. The molecular weight excluding hydrogens is 420 g/mol. The molecule has 0 aliphatic carbocycles. The number of nitrogens with zero attached hydrogens (tertiary/aromatic N) is 6. The van der Waals surface area contributed by atoms with Gasteiger partial charge < -0.3 is 14.8 Å². The molecule has 152 valence electrons. The molecule has 0 fully saturated rings. The summed E-state index contributed by atoms with van der Waals surface area (Å²) in [5, 5.41) is 12.3. The Bertz CT molecular complexity index is 1340. The molecule has 0 atom stereocenters. The molecule has 0 radical (unpaired) electrons. The summed E-state index contributed by atoms with van der Waals surface area (Å²) in [6, 6.07) is 9.93. The minimum Gasteiger partial charge on any atom is -0.329 e. The molecule has 0 saturated heterocycles. The minimum absolute atomic E-state index is 0.597. The van der Waals surface area contributed by atoms with Gasteiger partial charge in [0.1, 0.15) is 0 Å². The van der Waals surface area contributed by atoms with E-state index in [1.54, 1.807) is 6.20 Å². The lowest BCUT2D eigenvalue weighted by Crippen LogP contribution is -2.17. The van der Waals surface area contributed by atoms with Crippen LogP contribution in [0.5, 0.6) is 0 Å². The Labute approximate surface area is 181 Å². The van der Waals surface area contributed by atoms with Crippen LogP contribution in [0.4, 0.5) is 10.8 Å². The Morgan fingerprint density at radius 2 is 2.13 bits per heavy atom. The lowest BCUT2D eigenvalue weighted by Gasteiger charge is -2.10. The largest absolute Gasteiger partial charge is 0.329 e. The van der Waals surface area contributed by atoms with E-state index in [2.05, 4.69) is 59.5 Å². The number of imidazole rings is 1. The van der Waals surface area contributed by atoms with E-state index < -0.39 is 0 Å². The summed E-state index contributed by atoms with van der Waals surface area (Å²) in [5.41, 5.74) is 4.54. The Morgan fingerprint density at radius 1 is 1.23 bits per heavy atom. The number of aromatic amines is 1. The number of anilines is 2. The van der Waals surface area contributed by atoms with E-state index in [0.717, 1.165) is 46.3 Å². The van der Waals surface area contributed by atoms with Gasteiger partial charge in [-0.1, -0.05) is 17.7 Å². The van der Waals surface area contributed by atoms with Gasteiger partial charge in [-0.25, -0.2) is 4.98 Å². The highest BCUT2D eigenvalue weighted by Gasteiger charge is 2.15. The van der Waals surface area contributed by atoms with E-state index in [1.807, 2.05) is 30.6 Å². The number of likely N-dealkylation sites (N-methyl/N-ethyl adjacent to an activating group) is 1. The molecule has 2 aromatic carbocycles. The van der Waals surface area contributed by atoms with Crippen LogP contribution in [0, 0.1) is 0 Å². The van der Waals surface area contributed by atoms with Crippen molar-refractivity contribution in [2.45, 2.75) is 6.54 Å². The number of aromatic nitrogens is 6. The van der Waals surface area contributed by atoms with Crippen molar-refractivity contribution >= 4 is 55.9 Å². The van der Waals surface area contributed by atoms with Crippen molar-refractivity contribution in [2.75, 3.05) is 26.0 Å². The highest BCUT2D eigenvalue weighted by Crippen LogP contribution is 2.34. The Morgan fingerprint density at radius 3 is 3.00 bits per heavy atom. The summed E-state index contributed by atoms with van der Waals surface area (Å²) in [6.07, 6.45) is 3.59. The average Bonchev–Trinajstić information content (AvgIpc) is 3.48. The first kappa shape index (κ1) is 19.0. The normalized spacial score (nSPS) is 11.7. The van der Waals surface area contributed by atoms with Crippen molar-refractivity contribution in [3.63, 3.8) is 0 Å². The van der Waals surface area contributed by atoms with Crippen molar-refractivity contribution in [2.24, 2.45) is 0 Å². The van der Waals surface area contributed by atoms with Crippen LogP contribution in [0.2, 0.25) is 5.02 Å². The van der Waals surface area contributed by atoms with Gasteiger partial charge in [0.2, 0.25) is 5.13 Å². The second-order valence-corrected chi connectivity index (χ2v) is 8.35. The molecule has 5 rings (SSSR count). The molecule has 10 heteroatoms. The zero-order chi connectivity index (χ0) is 20.7. The standard InChI is InChI=1S/C20H19ClN8S/c1-28(2)8-9-29-11-22-18-12(4-3-5-16(18)29)19-25-20(30-27-19)24-15-7-6-14-13(17(15)21)10-23-26-14/h3-7,10-11H,8-9H2,1-2H3,(H,23,26)(H,24,25,27). The molecule has 2 N–H and O–H groups in total. The molecule has 3 heterocycles. The lowest BCUT2D eigenvalue weighted by molar-refractivity contribution is 0.386. The topological polar surface area (TPSA) is 87.5 Å². The molecule has 3 aromatic heterocycles. The number of hydrogen-bond donors (Lipinski definition) is 2. The Balaban J connectivity index is 1.45. The van der Waals surface area contributed by atoms with Gasteiger partial charge in [0.25, 0.3) is 0 Å². The van der Waals surface area contributed by atoms with E-state index in [0.29, 0.717) is 16.0 Å². The molecule has 0 aliphatic rings. The summed E-state index contributed by atoms with van der Waals surface area (Å²) in [4.78, 5) is 11.5. The van der Waals surface area contributed by atoms with Gasteiger partial charge in [-0.2, -0.15) is 14.5 Å². The van der Waals surface area contributed by atoms with Gasteiger partial charge in [-0.05, 0) is 38.4 Å².